The van der Waals surface area contributed by atoms with E-state index < -0.39 is 12.0 Å². The molecular formula is C15H12F3N5O2. The number of benzene rings is 1. The van der Waals surface area contributed by atoms with Crippen molar-refractivity contribution in [3.05, 3.63) is 41.7 Å². The van der Waals surface area contributed by atoms with Gasteiger partial charge in [-0.25, -0.2) is 0 Å². The largest absolute Gasteiger partial charge is 0.454 e. The number of fused-ring (bicyclic) bond motifs is 2. The Hall–Kier alpha value is -3.04. The Kier molecular flexibility index (Phi) is 3.41. The number of aromatic nitrogens is 4. The lowest BCUT2D eigenvalue weighted by Gasteiger charge is -2.15. The van der Waals surface area contributed by atoms with E-state index in [2.05, 4.69) is 20.6 Å². The fourth-order valence-corrected chi connectivity index (χ4v) is 2.53. The fraction of sp³-hybridized carbons (Fsp3) is 0.267. The first-order valence-electron chi connectivity index (χ1n) is 7.37. The molecule has 0 aliphatic carbocycles. The molecule has 0 saturated heterocycles. The number of nitrogens with zero attached hydrogens (tertiary/aromatic N) is 4. The molecule has 0 fully saturated rings. The molecule has 130 valence electrons. The summed E-state index contributed by atoms with van der Waals surface area (Å²) in [6, 6.07) is 8.21. The lowest BCUT2D eigenvalue weighted by Crippen LogP contribution is -2.14. The van der Waals surface area contributed by atoms with Crippen molar-refractivity contribution in [2.24, 2.45) is 0 Å². The van der Waals surface area contributed by atoms with Crippen molar-refractivity contribution < 1.29 is 22.6 Å². The Morgan fingerprint density at radius 2 is 1.92 bits per heavy atom. The Labute approximate surface area is 139 Å². The maximum Gasteiger partial charge on any atom is 0.453 e. The van der Waals surface area contributed by atoms with Crippen molar-refractivity contribution in [3.8, 4) is 11.5 Å². The van der Waals surface area contributed by atoms with Gasteiger partial charge in [-0.05, 0) is 36.8 Å². The van der Waals surface area contributed by atoms with E-state index in [1.165, 1.54) is 6.07 Å². The first-order valence-corrected chi connectivity index (χ1v) is 7.37. The molecule has 25 heavy (non-hydrogen) atoms. The van der Waals surface area contributed by atoms with Crippen LogP contribution in [0.3, 0.4) is 0 Å². The van der Waals surface area contributed by atoms with Crippen molar-refractivity contribution >= 4 is 11.5 Å². The zero-order valence-corrected chi connectivity index (χ0v) is 12.9. The predicted octanol–water partition coefficient (Wildman–Crippen LogP) is 3.04. The number of halogens is 3. The minimum absolute atomic E-state index is 0.0219. The third-order valence-corrected chi connectivity index (χ3v) is 3.78. The number of hydrogen-bond acceptors (Lipinski definition) is 6. The van der Waals surface area contributed by atoms with E-state index in [9.17, 15) is 13.2 Å². The van der Waals surface area contributed by atoms with Gasteiger partial charge in [-0.2, -0.15) is 17.7 Å². The summed E-state index contributed by atoms with van der Waals surface area (Å²) >= 11 is 0. The van der Waals surface area contributed by atoms with E-state index in [0.29, 0.717) is 16.0 Å². The van der Waals surface area contributed by atoms with Crippen LogP contribution in [0.4, 0.5) is 19.0 Å². The molecule has 3 aromatic rings. The summed E-state index contributed by atoms with van der Waals surface area (Å²) < 4.78 is 50.0. The second kappa shape index (κ2) is 5.50. The lowest BCUT2D eigenvalue weighted by atomic mass is 10.1. The van der Waals surface area contributed by atoms with Crippen LogP contribution in [0.1, 0.15) is 24.4 Å². The van der Waals surface area contributed by atoms with Gasteiger partial charge in [0.2, 0.25) is 6.79 Å². The van der Waals surface area contributed by atoms with Gasteiger partial charge in [0.25, 0.3) is 5.82 Å². The monoisotopic (exact) mass is 351 g/mol. The van der Waals surface area contributed by atoms with Crippen LogP contribution in [0.25, 0.3) is 5.65 Å². The van der Waals surface area contributed by atoms with E-state index in [1.54, 1.807) is 12.1 Å². The highest BCUT2D eigenvalue weighted by Gasteiger charge is 2.37. The van der Waals surface area contributed by atoms with Crippen molar-refractivity contribution in [1.29, 1.82) is 0 Å². The molecule has 1 aliphatic rings. The van der Waals surface area contributed by atoms with Crippen LogP contribution in [-0.2, 0) is 6.18 Å². The standard InChI is InChI=1S/C15H12F3N5O2/c1-8(9-2-3-10-11(6-9)25-7-24-10)19-12-4-5-13-20-21-14(15(16,17)18)23(13)22-12/h2-6,8H,7H2,1H3,(H,19,22). The molecule has 10 heteroatoms. The average molecular weight is 351 g/mol. The second-order valence-electron chi connectivity index (χ2n) is 5.49. The van der Waals surface area contributed by atoms with Crippen LogP contribution in [0.2, 0.25) is 0 Å². The predicted molar refractivity (Wildman–Crippen MR) is 80.4 cm³/mol. The normalized spacial score (nSPS) is 14.7. The number of nitrogens with one attached hydrogen (secondary N) is 1. The molecule has 3 heterocycles. The van der Waals surface area contributed by atoms with Crippen molar-refractivity contribution in [2.75, 3.05) is 12.1 Å². The molecule has 0 bridgehead atoms. The van der Waals surface area contributed by atoms with Gasteiger partial charge in [0.05, 0.1) is 6.04 Å². The number of ether oxygens (including phenoxy) is 2. The third-order valence-electron chi connectivity index (χ3n) is 3.78. The molecule has 1 aromatic carbocycles. The summed E-state index contributed by atoms with van der Waals surface area (Å²) in [6.45, 7) is 2.03. The van der Waals surface area contributed by atoms with Crippen LogP contribution in [0.15, 0.2) is 30.3 Å². The van der Waals surface area contributed by atoms with E-state index in [0.717, 1.165) is 5.56 Å². The van der Waals surface area contributed by atoms with Crippen LogP contribution in [-0.4, -0.2) is 26.6 Å². The topological polar surface area (TPSA) is 73.6 Å². The highest BCUT2D eigenvalue weighted by molar-refractivity contribution is 5.48. The molecule has 1 aliphatic heterocycles. The molecule has 0 radical (unpaired) electrons. The first-order chi connectivity index (χ1) is 11.9. The summed E-state index contributed by atoms with van der Waals surface area (Å²) in [6.07, 6.45) is -4.63. The van der Waals surface area contributed by atoms with Gasteiger partial charge < -0.3 is 14.8 Å². The maximum absolute atomic E-state index is 12.9. The van der Waals surface area contributed by atoms with Gasteiger partial charge in [0.1, 0.15) is 5.82 Å². The van der Waals surface area contributed by atoms with E-state index in [-0.39, 0.29) is 24.3 Å². The third kappa shape index (κ3) is 2.79. The second-order valence-corrected chi connectivity index (χ2v) is 5.49. The minimum atomic E-state index is -4.63. The smallest absolute Gasteiger partial charge is 0.453 e. The molecule has 7 nitrogen and oxygen atoms in total. The summed E-state index contributed by atoms with van der Waals surface area (Å²) in [7, 11) is 0. The zero-order chi connectivity index (χ0) is 17.6. The van der Waals surface area contributed by atoms with Gasteiger partial charge in [-0.15, -0.1) is 15.3 Å². The molecular weight excluding hydrogens is 339 g/mol. The summed E-state index contributed by atoms with van der Waals surface area (Å²) in [5, 5.41) is 13.6. The van der Waals surface area contributed by atoms with Gasteiger partial charge in [0.15, 0.2) is 17.1 Å². The Bertz CT molecular complexity index is 941. The Morgan fingerprint density at radius 3 is 2.72 bits per heavy atom. The average Bonchev–Trinajstić information content (AvgIpc) is 3.19. The summed E-state index contributed by atoms with van der Waals surface area (Å²) in [5.74, 6) is 0.396. The lowest BCUT2D eigenvalue weighted by molar-refractivity contribution is -0.146. The number of anilines is 1. The van der Waals surface area contributed by atoms with E-state index in [4.69, 9.17) is 9.47 Å². The van der Waals surface area contributed by atoms with Crippen LogP contribution in [0.5, 0.6) is 11.5 Å². The van der Waals surface area contributed by atoms with Gasteiger partial charge in [0, 0.05) is 0 Å². The van der Waals surface area contributed by atoms with E-state index in [1.807, 2.05) is 19.1 Å². The SMILES string of the molecule is CC(Nc1ccc2nnc(C(F)(F)F)n2n1)c1ccc2c(c1)OCO2. The Balaban J connectivity index is 1.61. The molecule has 0 saturated carbocycles. The number of hydrogen-bond donors (Lipinski definition) is 1. The molecule has 1 N–H and O–H groups in total. The van der Waals surface area contributed by atoms with Crippen LogP contribution >= 0.6 is 0 Å². The van der Waals surface area contributed by atoms with Crippen LogP contribution < -0.4 is 14.8 Å². The first kappa shape index (κ1) is 15.5. The van der Waals surface area contributed by atoms with Crippen molar-refractivity contribution in [3.63, 3.8) is 0 Å². The van der Waals surface area contributed by atoms with Crippen molar-refractivity contribution in [1.82, 2.24) is 19.8 Å². The molecule has 1 atom stereocenters. The quantitative estimate of drug-likeness (QED) is 0.782. The van der Waals surface area contributed by atoms with Crippen LogP contribution in [0, 0.1) is 0 Å². The summed E-state index contributed by atoms with van der Waals surface area (Å²) in [4.78, 5) is 0. The fourth-order valence-electron chi connectivity index (χ4n) is 2.53. The van der Waals surface area contributed by atoms with Crippen molar-refractivity contribution in [2.45, 2.75) is 19.1 Å². The molecule has 1 unspecified atom stereocenters. The molecule has 0 spiro atoms. The van der Waals surface area contributed by atoms with Gasteiger partial charge >= 0.3 is 6.18 Å². The zero-order valence-electron chi connectivity index (χ0n) is 12.9. The molecule has 4 rings (SSSR count). The summed E-state index contributed by atoms with van der Waals surface area (Å²) in [5.41, 5.74) is 0.902. The highest BCUT2D eigenvalue weighted by atomic mass is 19.4. The molecule has 2 aromatic heterocycles. The van der Waals surface area contributed by atoms with Gasteiger partial charge in [-0.3, -0.25) is 0 Å². The number of alkyl halides is 3. The maximum atomic E-state index is 12.9. The minimum Gasteiger partial charge on any atom is -0.454 e. The Morgan fingerprint density at radius 1 is 1.12 bits per heavy atom. The van der Waals surface area contributed by atoms with Gasteiger partial charge in [-0.1, -0.05) is 6.07 Å². The highest BCUT2D eigenvalue weighted by Crippen LogP contribution is 2.34. The molecule has 0 amide bonds. The number of rotatable bonds is 3. The van der Waals surface area contributed by atoms with E-state index >= 15 is 0 Å².